The van der Waals surface area contributed by atoms with Gasteiger partial charge in [-0.15, -0.1) is 0 Å². The first-order valence-corrected chi connectivity index (χ1v) is 10.5. The minimum Gasteiger partial charge on any atom is -0.394 e. The van der Waals surface area contributed by atoms with Crippen molar-refractivity contribution in [1.29, 1.82) is 0 Å². The maximum Gasteiger partial charge on any atom is 0.138 e. The van der Waals surface area contributed by atoms with Gasteiger partial charge in [0.15, 0.2) is 0 Å². The van der Waals surface area contributed by atoms with Gasteiger partial charge in [0.2, 0.25) is 0 Å². The van der Waals surface area contributed by atoms with Gasteiger partial charge in [-0.1, -0.05) is 82.0 Å². The first-order valence-electron chi connectivity index (χ1n) is 10.5. The Morgan fingerprint density at radius 2 is 1.36 bits per heavy atom. The Bertz CT molecular complexity index is 295. The van der Waals surface area contributed by atoms with E-state index in [0.29, 0.717) is 6.61 Å². The molecule has 1 unspecified atom stereocenters. The van der Waals surface area contributed by atoms with E-state index in [1.54, 1.807) is 0 Å². The highest BCUT2D eigenvalue weighted by Gasteiger charge is 2.05. The highest BCUT2D eigenvalue weighted by Crippen LogP contribution is 2.10. The van der Waals surface area contributed by atoms with Gasteiger partial charge in [-0.3, -0.25) is 0 Å². The molecule has 0 rings (SSSR count). The third-order valence-electron chi connectivity index (χ3n) is 4.47. The molecule has 0 radical (unpaired) electrons. The van der Waals surface area contributed by atoms with Crippen molar-refractivity contribution in [2.24, 2.45) is 5.18 Å². The van der Waals surface area contributed by atoms with Gasteiger partial charge in [-0.05, 0) is 32.1 Å². The number of aliphatic hydroxyl groups excluding tert-OH is 1. The monoisotopic (exact) mass is 355 g/mol. The van der Waals surface area contributed by atoms with E-state index in [9.17, 15) is 4.91 Å². The lowest BCUT2D eigenvalue weighted by molar-refractivity contribution is 0.0982. The van der Waals surface area contributed by atoms with E-state index < -0.39 is 6.04 Å². The van der Waals surface area contributed by atoms with Crippen LogP contribution in [0.15, 0.2) is 17.3 Å². The molecule has 1 atom stereocenters. The number of hydrogen-bond donors (Lipinski definition) is 1. The number of allylic oxidation sites excluding steroid dienone is 2. The molecule has 0 heterocycles. The summed E-state index contributed by atoms with van der Waals surface area (Å²) >= 11 is 0. The Kier molecular flexibility index (Phi) is 20.7. The highest BCUT2D eigenvalue weighted by molar-refractivity contribution is 4.81. The molecule has 4 nitrogen and oxygen atoms in total. The summed E-state index contributed by atoms with van der Waals surface area (Å²) in [6.45, 7) is 2.94. The first-order chi connectivity index (χ1) is 12.3. The maximum absolute atomic E-state index is 10.3. The van der Waals surface area contributed by atoms with Crippen molar-refractivity contribution in [2.45, 2.75) is 103 Å². The Hall–Kier alpha value is -0.740. The molecule has 0 aliphatic carbocycles. The number of ether oxygens (including phenoxy) is 1. The third kappa shape index (κ3) is 19.4. The number of unbranched alkanes of at least 4 members (excludes halogenated alkanes) is 12. The van der Waals surface area contributed by atoms with Gasteiger partial charge in [0, 0.05) is 6.61 Å². The van der Waals surface area contributed by atoms with Crippen LogP contribution >= 0.6 is 0 Å². The molecule has 0 saturated heterocycles. The quantitative estimate of drug-likeness (QED) is 0.161. The number of nitrogens with zero attached hydrogens (tertiary/aromatic N) is 1. The zero-order valence-corrected chi connectivity index (χ0v) is 16.5. The summed E-state index contributed by atoms with van der Waals surface area (Å²) in [6.07, 6.45) is 22.8. The molecule has 1 N–H and O–H groups in total. The predicted octanol–water partition coefficient (Wildman–Crippen LogP) is 6.17. The van der Waals surface area contributed by atoms with E-state index in [1.165, 1.54) is 83.5 Å². The van der Waals surface area contributed by atoms with Crippen molar-refractivity contribution >= 4 is 0 Å². The van der Waals surface area contributed by atoms with Gasteiger partial charge >= 0.3 is 0 Å². The maximum atomic E-state index is 10.3. The van der Waals surface area contributed by atoms with Gasteiger partial charge in [0.1, 0.15) is 6.04 Å². The van der Waals surface area contributed by atoms with E-state index in [1.807, 2.05) is 0 Å². The van der Waals surface area contributed by atoms with Crippen molar-refractivity contribution in [2.75, 3.05) is 19.8 Å². The summed E-state index contributed by atoms with van der Waals surface area (Å²) in [4.78, 5) is 10.3. The van der Waals surface area contributed by atoms with E-state index in [0.717, 1.165) is 6.42 Å². The molecule has 25 heavy (non-hydrogen) atoms. The van der Waals surface area contributed by atoms with Gasteiger partial charge < -0.3 is 9.84 Å². The third-order valence-corrected chi connectivity index (χ3v) is 4.47. The standard InChI is InChI=1S/C21H41NO3/c1-2-3-4-5-6-7-8-9-10-11-12-13-14-15-16-17-18-25-20-21(19-23)22-24/h9-10,21,23H,2-8,11-20H2,1H3/b10-9-. The summed E-state index contributed by atoms with van der Waals surface area (Å²) in [7, 11) is 0. The van der Waals surface area contributed by atoms with E-state index in [4.69, 9.17) is 9.84 Å². The lowest BCUT2D eigenvalue weighted by Crippen LogP contribution is -2.17. The predicted molar refractivity (Wildman–Crippen MR) is 107 cm³/mol. The van der Waals surface area contributed by atoms with Crippen molar-refractivity contribution in [3.63, 3.8) is 0 Å². The fourth-order valence-corrected chi connectivity index (χ4v) is 2.79. The smallest absolute Gasteiger partial charge is 0.138 e. The largest absolute Gasteiger partial charge is 0.394 e. The molecule has 0 bridgehead atoms. The molecule has 0 aromatic carbocycles. The highest BCUT2D eigenvalue weighted by atomic mass is 16.5. The minimum atomic E-state index is -0.603. The van der Waals surface area contributed by atoms with Crippen LogP contribution in [0.25, 0.3) is 0 Å². The number of hydrogen-bond acceptors (Lipinski definition) is 4. The molecule has 148 valence electrons. The van der Waals surface area contributed by atoms with Crippen LogP contribution in [0.3, 0.4) is 0 Å². The van der Waals surface area contributed by atoms with Crippen LogP contribution in [0.2, 0.25) is 0 Å². The Morgan fingerprint density at radius 3 is 1.88 bits per heavy atom. The fourth-order valence-electron chi connectivity index (χ4n) is 2.79. The zero-order chi connectivity index (χ0) is 18.4. The van der Waals surface area contributed by atoms with Crippen LogP contribution in [0.1, 0.15) is 96.8 Å². The van der Waals surface area contributed by atoms with Crippen LogP contribution in [-0.4, -0.2) is 31.0 Å². The molecule has 0 saturated carbocycles. The molecule has 0 aliphatic heterocycles. The Morgan fingerprint density at radius 1 is 0.840 bits per heavy atom. The molecule has 0 fully saturated rings. The molecule has 0 aromatic rings. The van der Waals surface area contributed by atoms with Crippen molar-refractivity contribution in [1.82, 2.24) is 0 Å². The van der Waals surface area contributed by atoms with Gasteiger partial charge in [0.05, 0.1) is 13.2 Å². The average Bonchev–Trinajstić information content (AvgIpc) is 2.64. The van der Waals surface area contributed by atoms with Crippen LogP contribution < -0.4 is 0 Å². The second-order valence-electron chi connectivity index (χ2n) is 6.95. The summed E-state index contributed by atoms with van der Waals surface area (Å²) in [5.41, 5.74) is 0. The lowest BCUT2D eigenvalue weighted by Gasteiger charge is -2.06. The van der Waals surface area contributed by atoms with Crippen LogP contribution in [0.4, 0.5) is 0 Å². The Labute approximate surface area is 155 Å². The summed E-state index contributed by atoms with van der Waals surface area (Å²) in [6, 6.07) is -0.603. The fraction of sp³-hybridized carbons (Fsp3) is 0.905. The molecule has 0 aliphatic rings. The van der Waals surface area contributed by atoms with Crippen LogP contribution in [0.5, 0.6) is 0 Å². The lowest BCUT2D eigenvalue weighted by atomic mass is 10.1. The SMILES string of the molecule is CCCCCCCC/C=C\CCCCCCCCOCC(CO)N=O. The second-order valence-corrected chi connectivity index (χ2v) is 6.95. The van der Waals surface area contributed by atoms with Gasteiger partial charge in [-0.2, -0.15) is 4.91 Å². The topological polar surface area (TPSA) is 58.9 Å². The van der Waals surface area contributed by atoms with Crippen molar-refractivity contribution in [3.8, 4) is 0 Å². The van der Waals surface area contributed by atoms with Crippen molar-refractivity contribution < 1.29 is 9.84 Å². The number of nitroso groups, excluding NO2 is 1. The second kappa shape index (κ2) is 21.3. The van der Waals surface area contributed by atoms with Crippen molar-refractivity contribution in [3.05, 3.63) is 17.1 Å². The van der Waals surface area contributed by atoms with E-state index >= 15 is 0 Å². The molecule has 0 spiro atoms. The summed E-state index contributed by atoms with van der Waals surface area (Å²) in [5.74, 6) is 0. The Balaban J connectivity index is 3.13. The summed E-state index contributed by atoms with van der Waals surface area (Å²) < 4.78 is 5.33. The van der Waals surface area contributed by atoms with E-state index in [2.05, 4.69) is 24.3 Å². The number of rotatable bonds is 20. The molecular weight excluding hydrogens is 314 g/mol. The summed E-state index contributed by atoms with van der Waals surface area (Å²) in [5, 5.41) is 11.6. The van der Waals surface area contributed by atoms with E-state index in [-0.39, 0.29) is 13.2 Å². The average molecular weight is 356 g/mol. The zero-order valence-electron chi connectivity index (χ0n) is 16.5. The number of aliphatic hydroxyl groups is 1. The molecule has 0 amide bonds. The van der Waals surface area contributed by atoms with Gasteiger partial charge in [0.25, 0.3) is 0 Å². The molecule has 4 heteroatoms. The van der Waals surface area contributed by atoms with Crippen LogP contribution in [0, 0.1) is 4.91 Å². The first kappa shape index (κ1) is 24.3. The molecule has 0 aromatic heterocycles. The van der Waals surface area contributed by atoms with Crippen LogP contribution in [-0.2, 0) is 4.74 Å². The normalized spacial score (nSPS) is 12.7. The van der Waals surface area contributed by atoms with Gasteiger partial charge in [-0.25, -0.2) is 0 Å². The minimum absolute atomic E-state index is 0.225. The molecular formula is C21H41NO3.